The summed E-state index contributed by atoms with van der Waals surface area (Å²) in [6.45, 7) is 3.94. The number of hydrogen-bond donors (Lipinski definition) is 1. The first kappa shape index (κ1) is 19.2. The van der Waals surface area contributed by atoms with Crippen LogP contribution in [0.25, 0.3) is 0 Å². The Balaban J connectivity index is 2.48. The van der Waals surface area contributed by atoms with Crippen molar-refractivity contribution in [3.8, 4) is 11.5 Å². The van der Waals surface area contributed by atoms with Crippen LogP contribution < -0.4 is 4.74 Å². The van der Waals surface area contributed by atoms with E-state index in [-0.39, 0.29) is 11.7 Å². The molecule has 0 saturated carbocycles. The van der Waals surface area contributed by atoms with E-state index in [1.165, 1.54) is 12.1 Å². The molecule has 1 unspecified atom stereocenters. The van der Waals surface area contributed by atoms with Gasteiger partial charge < -0.3 is 4.74 Å². The monoisotopic (exact) mass is 378 g/mol. The second-order valence-corrected chi connectivity index (χ2v) is 6.73. The van der Waals surface area contributed by atoms with Crippen LogP contribution >= 0.6 is 0 Å². The van der Waals surface area contributed by atoms with E-state index in [1.807, 2.05) is 13.8 Å². The first-order valence-corrected chi connectivity index (χ1v) is 8.63. The zero-order valence-corrected chi connectivity index (χ0v) is 14.0. The fourth-order valence-electron chi connectivity index (χ4n) is 2.13. The van der Waals surface area contributed by atoms with Gasteiger partial charge in [-0.25, -0.2) is 8.78 Å². The molecule has 0 amide bonds. The van der Waals surface area contributed by atoms with E-state index in [4.69, 9.17) is 9.29 Å². The molecular formula is C16H14F4O4S. The minimum absolute atomic E-state index is 0.108. The molecule has 2 aromatic rings. The third-order valence-electron chi connectivity index (χ3n) is 3.72. The summed E-state index contributed by atoms with van der Waals surface area (Å²) in [6, 6.07) is 5.96. The van der Waals surface area contributed by atoms with Crippen molar-refractivity contribution in [2.45, 2.75) is 31.1 Å². The van der Waals surface area contributed by atoms with Gasteiger partial charge in [0.2, 0.25) is 17.4 Å². The average Bonchev–Trinajstić information content (AvgIpc) is 2.55. The quantitative estimate of drug-likeness (QED) is 0.461. The van der Waals surface area contributed by atoms with E-state index in [1.54, 1.807) is 12.1 Å². The van der Waals surface area contributed by atoms with Crippen molar-refractivity contribution < 1.29 is 35.3 Å². The van der Waals surface area contributed by atoms with Gasteiger partial charge in [-0.1, -0.05) is 26.0 Å². The van der Waals surface area contributed by atoms with Crippen LogP contribution in [0.1, 0.15) is 31.7 Å². The zero-order chi connectivity index (χ0) is 18.9. The van der Waals surface area contributed by atoms with Gasteiger partial charge in [0.05, 0.1) is 0 Å². The molecule has 9 heteroatoms. The average molecular weight is 378 g/mol. The van der Waals surface area contributed by atoms with Crippen LogP contribution in [0.3, 0.4) is 0 Å². The van der Waals surface area contributed by atoms with Crippen LogP contribution in [0, 0.1) is 23.3 Å². The van der Waals surface area contributed by atoms with Gasteiger partial charge in [0.1, 0.15) is 5.75 Å². The lowest BCUT2D eigenvalue weighted by molar-refractivity contribution is 0.346. The number of hydrogen-bond acceptors (Lipinski definition) is 3. The van der Waals surface area contributed by atoms with Gasteiger partial charge >= 0.3 is 10.1 Å². The lowest BCUT2D eigenvalue weighted by Crippen LogP contribution is -2.11. The molecule has 4 nitrogen and oxygen atoms in total. The Hall–Kier alpha value is -2.13. The molecule has 2 aromatic carbocycles. The van der Waals surface area contributed by atoms with Crippen molar-refractivity contribution in [2.24, 2.45) is 0 Å². The predicted molar refractivity (Wildman–Crippen MR) is 81.3 cm³/mol. The molecule has 2 rings (SSSR count). The van der Waals surface area contributed by atoms with E-state index >= 15 is 0 Å². The smallest absolute Gasteiger partial charge is 0.300 e. The lowest BCUT2D eigenvalue weighted by atomic mass is 9.99. The summed E-state index contributed by atoms with van der Waals surface area (Å²) in [6.07, 6.45) is 0.858. The van der Waals surface area contributed by atoms with Gasteiger partial charge in [0.15, 0.2) is 16.5 Å². The SMILES string of the molecule is CCC(C)c1ccc(Oc2c(F)c(F)c(S(=O)(=O)O)c(F)c2F)cc1. The maximum Gasteiger partial charge on any atom is 0.300 e. The molecule has 0 spiro atoms. The normalized spacial score (nSPS) is 12.9. The Bertz CT molecular complexity index is 866. The van der Waals surface area contributed by atoms with Crippen LogP contribution in [0.4, 0.5) is 17.6 Å². The molecule has 0 fully saturated rings. The van der Waals surface area contributed by atoms with Crippen LogP contribution in [0.5, 0.6) is 11.5 Å². The van der Waals surface area contributed by atoms with Crippen molar-refractivity contribution in [2.75, 3.05) is 0 Å². The molecule has 136 valence electrons. The highest BCUT2D eigenvalue weighted by Gasteiger charge is 2.33. The maximum atomic E-state index is 13.9. The maximum absolute atomic E-state index is 13.9. The third kappa shape index (κ3) is 3.77. The Labute approximate surface area is 141 Å². The first-order valence-electron chi connectivity index (χ1n) is 7.19. The molecule has 0 aliphatic carbocycles. The summed E-state index contributed by atoms with van der Waals surface area (Å²) >= 11 is 0. The molecule has 0 heterocycles. The van der Waals surface area contributed by atoms with Crippen LogP contribution in [0.2, 0.25) is 0 Å². The van der Waals surface area contributed by atoms with Gasteiger partial charge in [-0.05, 0) is 30.0 Å². The molecule has 0 aliphatic rings. The second kappa shape index (κ2) is 7.01. The highest BCUT2D eigenvalue weighted by atomic mass is 32.2. The van der Waals surface area contributed by atoms with Crippen molar-refractivity contribution >= 4 is 10.1 Å². The van der Waals surface area contributed by atoms with E-state index in [0.717, 1.165) is 12.0 Å². The molecule has 1 atom stereocenters. The molecule has 0 aromatic heterocycles. The summed E-state index contributed by atoms with van der Waals surface area (Å²) in [4.78, 5) is -2.11. The molecule has 0 saturated heterocycles. The summed E-state index contributed by atoms with van der Waals surface area (Å²) < 4.78 is 90.5. The van der Waals surface area contributed by atoms with Crippen LogP contribution in [-0.4, -0.2) is 13.0 Å². The second-order valence-electron chi connectivity index (χ2n) is 5.37. The number of benzene rings is 2. The zero-order valence-electron chi connectivity index (χ0n) is 13.2. The summed E-state index contributed by atoms with van der Waals surface area (Å²) in [5.41, 5.74) is 0.926. The summed E-state index contributed by atoms with van der Waals surface area (Å²) in [5, 5.41) is 0. The van der Waals surface area contributed by atoms with E-state index in [9.17, 15) is 26.0 Å². The standard InChI is InChI=1S/C16H14F4O4S/c1-3-8(2)9-4-6-10(7-5-9)24-15-11(17)13(19)16(25(21,22)23)14(20)12(15)18/h4-8H,3H2,1-2H3,(H,21,22,23). The number of ether oxygens (including phenoxy) is 1. The molecule has 25 heavy (non-hydrogen) atoms. The van der Waals surface area contributed by atoms with Gasteiger partial charge in [-0.2, -0.15) is 17.2 Å². The van der Waals surface area contributed by atoms with Gasteiger partial charge in [0, 0.05) is 0 Å². The van der Waals surface area contributed by atoms with Gasteiger partial charge in [-0.3, -0.25) is 4.55 Å². The van der Waals surface area contributed by atoms with Crippen LogP contribution in [0.15, 0.2) is 29.2 Å². The highest BCUT2D eigenvalue weighted by molar-refractivity contribution is 7.85. The number of halogens is 4. The van der Waals surface area contributed by atoms with Crippen molar-refractivity contribution in [1.29, 1.82) is 0 Å². The topological polar surface area (TPSA) is 63.6 Å². The minimum atomic E-state index is -5.50. The molecular weight excluding hydrogens is 364 g/mol. The van der Waals surface area contributed by atoms with E-state index < -0.39 is 44.0 Å². The molecule has 1 N–H and O–H groups in total. The van der Waals surface area contributed by atoms with Crippen molar-refractivity contribution in [1.82, 2.24) is 0 Å². The Morgan fingerprint density at radius 3 is 1.88 bits per heavy atom. The summed E-state index contributed by atoms with van der Waals surface area (Å²) in [5.74, 6) is -10.0. The van der Waals surface area contributed by atoms with Crippen molar-refractivity contribution in [3.63, 3.8) is 0 Å². The highest BCUT2D eigenvalue weighted by Crippen LogP contribution is 2.35. The first-order chi connectivity index (χ1) is 11.6. The molecule has 0 bridgehead atoms. The summed E-state index contributed by atoms with van der Waals surface area (Å²) in [7, 11) is -5.50. The molecule has 0 aliphatic heterocycles. The Kier molecular flexibility index (Phi) is 5.38. The molecule has 0 radical (unpaired) electrons. The largest absolute Gasteiger partial charge is 0.451 e. The van der Waals surface area contributed by atoms with E-state index in [2.05, 4.69) is 0 Å². The van der Waals surface area contributed by atoms with E-state index in [0.29, 0.717) is 0 Å². The van der Waals surface area contributed by atoms with Crippen molar-refractivity contribution in [3.05, 3.63) is 53.1 Å². The van der Waals surface area contributed by atoms with Gasteiger partial charge in [-0.15, -0.1) is 0 Å². The number of rotatable bonds is 5. The lowest BCUT2D eigenvalue weighted by Gasteiger charge is -2.13. The third-order valence-corrected chi connectivity index (χ3v) is 4.60. The Morgan fingerprint density at radius 1 is 1.00 bits per heavy atom. The fourth-order valence-corrected chi connectivity index (χ4v) is 2.76. The predicted octanol–water partition coefficient (Wildman–Crippen LogP) is 4.80. The minimum Gasteiger partial charge on any atom is -0.451 e. The fraction of sp³-hybridized carbons (Fsp3) is 0.250. The van der Waals surface area contributed by atoms with Crippen LogP contribution in [-0.2, 0) is 10.1 Å². The Morgan fingerprint density at radius 2 is 1.48 bits per heavy atom. The van der Waals surface area contributed by atoms with Gasteiger partial charge in [0.25, 0.3) is 0 Å².